The highest BCUT2D eigenvalue weighted by atomic mass is 32.1. The van der Waals surface area contributed by atoms with E-state index in [9.17, 15) is 13.6 Å². The molecule has 0 aliphatic heterocycles. The molecule has 3 nitrogen and oxygen atoms in total. The molecule has 1 aromatic carbocycles. The summed E-state index contributed by atoms with van der Waals surface area (Å²) >= 11 is 1.24. The Kier molecular flexibility index (Phi) is 3.05. The van der Waals surface area contributed by atoms with Crippen LogP contribution >= 0.6 is 11.3 Å². The maximum Gasteiger partial charge on any atom is 0.263 e. The van der Waals surface area contributed by atoms with Gasteiger partial charge in [0.05, 0.1) is 16.7 Å². The van der Waals surface area contributed by atoms with E-state index in [0.717, 1.165) is 18.2 Å². The third-order valence-electron chi connectivity index (χ3n) is 3.50. The Hall–Kier alpha value is -1.82. The summed E-state index contributed by atoms with van der Waals surface area (Å²) in [5.41, 5.74) is 1.67. The lowest BCUT2D eigenvalue weighted by atomic mass is 10.0. The number of nitrogens with zero attached hydrogens (tertiary/aromatic N) is 1. The van der Waals surface area contributed by atoms with Crippen LogP contribution in [-0.2, 0) is 5.54 Å². The average Bonchev–Trinajstić information content (AvgIpc) is 3.05. The largest absolute Gasteiger partial charge is 0.342 e. The van der Waals surface area contributed by atoms with E-state index in [0.29, 0.717) is 23.4 Å². The third-order valence-corrected chi connectivity index (χ3v) is 4.43. The van der Waals surface area contributed by atoms with Gasteiger partial charge in [0.15, 0.2) is 0 Å². The molecule has 3 rings (SSSR count). The molecule has 1 aliphatic rings. The smallest absolute Gasteiger partial charge is 0.263 e. The molecular weight excluding hydrogens is 282 g/mol. The van der Waals surface area contributed by atoms with Crippen molar-refractivity contribution >= 4 is 17.2 Å². The molecule has 1 saturated carbocycles. The van der Waals surface area contributed by atoms with Crippen LogP contribution in [0.2, 0.25) is 0 Å². The second kappa shape index (κ2) is 4.63. The van der Waals surface area contributed by atoms with Gasteiger partial charge in [-0.3, -0.25) is 4.79 Å². The number of hydrogen-bond acceptors (Lipinski definition) is 3. The predicted octanol–water partition coefficient (Wildman–Crippen LogP) is 3.15. The monoisotopic (exact) mass is 294 g/mol. The van der Waals surface area contributed by atoms with Gasteiger partial charge in [-0.15, -0.1) is 11.3 Å². The van der Waals surface area contributed by atoms with Crippen LogP contribution in [0.1, 0.15) is 33.8 Å². The molecule has 1 aliphatic carbocycles. The van der Waals surface area contributed by atoms with Crippen molar-refractivity contribution in [2.75, 3.05) is 0 Å². The number of rotatable bonds is 3. The Balaban J connectivity index is 1.89. The number of nitrogens with one attached hydrogen (secondary N) is 1. The van der Waals surface area contributed by atoms with Crippen molar-refractivity contribution in [3.05, 3.63) is 51.5 Å². The number of aryl methyl sites for hydroxylation is 1. The Morgan fingerprint density at radius 1 is 1.40 bits per heavy atom. The molecule has 1 amide bonds. The molecule has 0 radical (unpaired) electrons. The van der Waals surface area contributed by atoms with Crippen molar-refractivity contribution in [3.8, 4) is 0 Å². The van der Waals surface area contributed by atoms with Crippen LogP contribution in [0.3, 0.4) is 0 Å². The maximum absolute atomic E-state index is 13.8. The third kappa shape index (κ3) is 2.20. The van der Waals surface area contributed by atoms with Gasteiger partial charge >= 0.3 is 0 Å². The summed E-state index contributed by atoms with van der Waals surface area (Å²) in [6, 6.07) is 3.32. The van der Waals surface area contributed by atoms with Gasteiger partial charge in [-0.25, -0.2) is 13.8 Å². The van der Waals surface area contributed by atoms with Crippen LogP contribution in [0.4, 0.5) is 8.78 Å². The van der Waals surface area contributed by atoms with E-state index in [4.69, 9.17) is 0 Å². The molecule has 1 fully saturated rings. The molecule has 20 heavy (non-hydrogen) atoms. The number of amides is 1. The lowest BCUT2D eigenvalue weighted by Crippen LogP contribution is -2.35. The minimum absolute atomic E-state index is 0.216. The number of hydrogen-bond donors (Lipinski definition) is 1. The molecule has 0 unspecified atom stereocenters. The van der Waals surface area contributed by atoms with E-state index in [1.807, 2.05) is 0 Å². The summed E-state index contributed by atoms with van der Waals surface area (Å²) in [5, 5.41) is 2.82. The molecular formula is C14H12F2N2OS. The van der Waals surface area contributed by atoms with E-state index in [-0.39, 0.29) is 11.5 Å². The van der Waals surface area contributed by atoms with Gasteiger partial charge < -0.3 is 5.32 Å². The molecule has 0 bridgehead atoms. The average molecular weight is 294 g/mol. The van der Waals surface area contributed by atoms with Crippen molar-refractivity contribution in [3.63, 3.8) is 0 Å². The lowest BCUT2D eigenvalue weighted by molar-refractivity contribution is 0.0933. The second-order valence-electron chi connectivity index (χ2n) is 4.93. The van der Waals surface area contributed by atoms with Crippen molar-refractivity contribution in [2.24, 2.45) is 0 Å². The van der Waals surface area contributed by atoms with Gasteiger partial charge in [-0.2, -0.15) is 0 Å². The maximum atomic E-state index is 13.8. The van der Waals surface area contributed by atoms with Crippen LogP contribution in [0.15, 0.2) is 23.7 Å². The number of thiazole rings is 1. The molecule has 1 N–H and O–H groups in total. The molecule has 6 heteroatoms. The first-order chi connectivity index (χ1) is 9.52. The highest BCUT2D eigenvalue weighted by molar-refractivity contribution is 7.11. The van der Waals surface area contributed by atoms with E-state index in [2.05, 4.69) is 10.3 Å². The zero-order valence-electron chi connectivity index (χ0n) is 10.7. The Morgan fingerprint density at radius 3 is 2.75 bits per heavy atom. The first kappa shape index (κ1) is 13.2. The fourth-order valence-electron chi connectivity index (χ4n) is 2.24. The first-order valence-electron chi connectivity index (χ1n) is 6.20. The topological polar surface area (TPSA) is 42.0 Å². The van der Waals surface area contributed by atoms with Crippen molar-refractivity contribution in [2.45, 2.75) is 25.3 Å². The van der Waals surface area contributed by atoms with Crippen LogP contribution in [-0.4, -0.2) is 10.9 Å². The Bertz CT molecular complexity index is 680. The van der Waals surface area contributed by atoms with Crippen molar-refractivity contribution < 1.29 is 13.6 Å². The minimum atomic E-state index is -0.778. The highest BCUT2D eigenvalue weighted by Crippen LogP contribution is 2.47. The fraction of sp³-hybridized carbons (Fsp3) is 0.286. The summed E-state index contributed by atoms with van der Waals surface area (Å²) in [4.78, 5) is 16.7. The highest BCUT2D eigenvalue weighted by Gasteiger charge is 2.48. The van der Waals surface area contributed by atoms with Crippen LogP contribution in [0.5, 0.6) is 0 Å². The van der Waals surface area contributed by atoms with Gasteiger partial charge in [0.2, 0.25) is 0 Å². The lowest BCUT2D eigenvalue weighted by Gasteiger charge is -2.18. The van der Waals surface area contributed by atoms with Gasteiger partial charge in [0.1, 0.15) is 16.5 Å². The van der Waals surface area contributed by atoms with E-state index in [1.54, 1.807) is 12.4 Å². The van der Waals surface area contributed by atoms with Crippen molar-refractivity contribution in [1.29, 1.82) is 0 Å². The summed E-state index contributed by atoms with van der Waals surface area (Å²) in [5.74, 6) is -1.28. The molecule has 0 spiro atoms. The molecule has 1 aromatic heterocycles. The first-order valence-corrected chi connectivity index (χ1v) is 7.08. The van der Waals surface area contributed by atoms with E-state index >= 15 is 0 Å². The number of carbonyl (C=O) groups excluding carboxylic acids is 1. The fourth-order valence-corrected chi connectivity index (χ4v) is 2.94. The molecule has 104 valence electrons. The van der Waals surface area contributed by atoms with E-state index in [1.165, 1.54) is 11.3 Å². The van der Waals surface area contributed by atoms with Gasteiger partial charge in [0.25, 0.3) is 5.91 Å². The summed E-state index contributed by atoms with van der Waals surface area (Å²) in [6.07, 6.45) is 1.22. The van der Waals surface area contributed by atoms with Gasteiger partial charge in [-0.1, -0.05) is 0 Å². The number of aromatic nitrogens is 1. The molecule has 2 aromatic rings. The summed E-state index contributed by atoms with van der Waals surface area (Å²) in [7, 11) is 0. The van der Waals surface area contributed by atoms with Crippen LogP contribution in [0.25, 0.3) is 0 Å². The summed E-state index contributed by atoms with van der Waals surface area (Å²) in [6.45, 7) is 1.74. The van der Waals surface area contributed by atoms with Crippen LogP contribution < -0.4 is 5.32 Å². The summed E-state index contributed by atoms with van der Waals surface area (Å²) < 4.78 is 27.1. The van der Waals surface area contributed by atoms with E-state index < -0.39 is 17.2 Å². The van der Waals surface area contributed by atoms with Crippen LogP contribution in [0, 0.1) is 18.6 Å². The Labute approximate surface area is 118 Å². The standard InChI is InChI=1S/C14H12F2N2OS/c1-8-12(20-7-17-8)13(19)18-14(4-5-14)10-6-9(15)2-3-11(10)16/h2-3,6-7H,4-5H2,1H3,(H,18,19). The quantitative estimate of drug-likeness (QED) is 0.945. The number of halogens is 2. The zero-order valence-corrected chi connectivity index (χ0v) is 11.6. The zero-order chi connectivity index (χ0) is 14.3. The number of carbonyl (C=O) groups is 1. The van der Waals surface area contributed by atoms with Crippen molar-refractivity contribution in [1.82, 2.24) is 10.3 Å². The second-order valence-corrected chi connectivity index (χ2v) is 5.78. The minimum Gasteiger partial charge on any atom is -0.342 e. The molecule has 0 atom stereocenters. The predicted molar refractivity (Wildman–Crippen MR) is 71.6 cm³/mol. The molecule has 1 heterocycles. The van der Waals surface area contributed by atoms with Gasteiger partial charge in [-0.05, 0) is 38.0 Å². The Morgan fingerprint density at radius 2 is 2.15 bits per heavy atom. The number of benzene rings is 1. The SMILES string of the molecule is Cc1ncsc1C(=O)NC1(c2cc(F)ccc2F)CC1. The normalized spacial score (nSPS) is 15.9. The molecule has 0 saturated heterocycles. The van der Waals surface area contributed by atoms with Gasteiger partial charge in [0, 0.05) is 5.56 Å².